The first-order chi connectivity index (χ1) is 9.43. The molecule has 0 radical (unpaired) electrons. The van der Waals surface area contributed by atoms with E-state index in [1.165, 1.54) is 12.1 Å². The minimum atomic E-state index is -1.19. The first kappa shape index (κ1) is 16.0. The summed E-state index contributed by atoms with van der Waals surface area (Å²) < 4.78 is 10.2. The van der Waals surface area contributed by atoms with E-state index < -0.39 is 24.6 Å². The number of hydrogen-bond donors (Lipinski definition) is 2. The summed E-state index contributed by atoms with van der Waals surface area (Å²) in [5.74, 6) is -1.89. The smallest absolute Gasteiger partial charge is 0.413 e. The van der Waals surface area contributed by atoms with Crippen molar-refractivity contribution in [2.24, 2.45) is 0 Å². The quantitative estimate of drug-likeness (QED) is 0.843. The van der Waals surface area contributed by atoms with Crippen molar-refractivity contribution in [2.45, 2.75) is 6.92 Å². The van der Waals surface area contributed by atoms with Gasteiger partial charge in [-0.3, -0.25) is 10.1 Å². The van der Waals surface area contributed by atoms with Crippen LogP contribution in [0.4, 0.5) is 4.79 Å². The number of nitrogens with one attached hydrogen (secondary N) is 1. The number of amides is 2. The number of rotatable bonds is 5. The zero-order valence-corrected chi connectivity index (χ0v) is 12.1. The van der Waals surface area contributed by atoms with Crippen molar-refractivity contribution in [3.05, 3.63) is 28.2 Å². The first-order valence-corrected chi connectivity index (χ1v) is 6.35. The Morgan fingerprint density at radius 2 is 2.05 bits per heavy atom. The second kappa shape index (κ2) is 7.49. The normalized spacial score (nSPS) is 9.70. The van der Waals surface area contributed by atoms with Gasteiger partial charge < -0.3 is 14.6 Å². The third-order valence-electron chi connectivity index (χ3n) is 2.05. The molecule has 0 aliphatic carbocycles. The Balaban J connectivity index is 2.64. The molecule has 0 saturated heterocycles. The number of aromatic carboxylic acids is 1. The lowest BCUT2D eigenvalue weighted by Crippen LogP contribution is -2.34. The van der Waals surface area contributed by atoms with Crippen LogP contribution in [-0.4, -0.2) is 36.3 Å². The highest BCUT2D eigenvalue weighted by Gasteiger charge is 2.14. The summed E-state index contributed by atoms with van der Waals surface area (Å²) in [4.78, 5) is 33.3. The van der Waals surface area contributed by atoms with E-state index in [1.807, 2.05) is 5.32 Å². The SMILES string of the molecule is CCOC(=O)NC(=O)COc1ccc(Br)cc1C(=O)O. The summed E-state index contributed by atoms with van der Waals surface area (Å²) in [7, 11) is 0. The van der Waals surface area contributed by atoms with Gasteiger partial charge in [0.2, 0.25) is 0 Å². The summed E-state index contributed by atoms with van der Waals surface area (Å²) in [6.07, 6.45) is -0.879. The molecule has 2 amide bonds. The number of hydrogen-bond acceptors (Lipinski definition) is 5. The highest BCUT2D eigenvalue weighted by atomic mass is 79.9. The van der Waals surface area contributed by atoms with Crippen LogP contribution in [0.25, 0.3) is 0 Å². The largest absolute Gasteiger partial charge is 0.483 e. The van der Waals surface area contributed by atoms with Crippen LogP contribution in [0.5, 0.6) is 5.75 Å². The third kappa shape index (κ3) is 4.88. The van der Waals surface area contributed by atoms with E-state index in [0.717, 1.165) is 0 Å². The molecule has 1 rings (SSSR count). The fourth-order valence-corrected chi connectivity index (χ4v) is 1.62. The predicted molar refractivity (Wildman–Crippen MR) is 71.8 cm³/mol. The number of alkyl carbamates (subject to hydrolysis) is 1. The number of carbonyl (C=O) groups excluding carboxylic acids is 2. The summed E-state index contributed by atoms with van der Waals surface area (Å²) in [6.45, 7) is 1.23. The van der Waals surface area contributed by atoms with Crippen LogP contribution in [0.3, 0.4) is 0 Å². The van der Waals surface area contributed by atoms with Crippen molar-refractivity contribution < 1.29 is 29.0 Å². The molecule has 108 valence electrons. The van der Waals surface area contributed by atoms with Crippen LogP contribution in [0.1, 0.15) is 17.3 Å². The Morgan fingerprint density at radius 3 is 2.65 bits per heavy atom. The molecular weight excluding hydrogens is 334 g/mol. The van der Waals surface area contributed by atoms with Gasteiger partial charge in [-0.1, -0.05) is 15.9 Å². The molecule has 8 heteroatoms. The number of imide groups is 1. The van der Waals surface area contributed by atoms with Crippen molar-refractivity contribution in [2.75, 3.05) is 13.2 Å². The average molecular weight is 346 g/mol. The van der Waals surface area contributed by atoms with Crippen molar-refractivity contribution in [1.82, 2.24) is 5.32 Å². The van der Waals surface area contributed by atoms with Gasteiger partial charge in [0.05, 0.1) is 6.61 Å². The molecule has 0 fully saturated rings. The molecule has 1 aromatic rings. The lowest BCUT2D eigenvalue weighted by molar-refractivity contribution is -0.122. The molecule has 0 aromatic heterocycles. The van der Waals surface area contributed by atoms with Gasteiger partial charge in [-0.15, -0.1) is 0 Å². The molecule has 7 nitrogen and oxygen atoms in total. The van der Waals surface area contributed by atoms with Crippen molar-refractivity contribution in [3.8, 4) is 5.75 Å². The van der Waals surface area contributed by atoms with E-state index in [0.29, 0.717) is 4.47 Å². The number of carboxylic acid groups (broad SMARTS) is 1. The van der Waals surface area contributed by atoms with Crippen LogP contribution < -0.4 is 10.1 Å². The van der Waals surface area contributed by atoms with Gasteiger partial charge in [-0.25, -0.2) is 9.59 Å². The average Bonchev–Trinajstić information content (AvgIpc) is 2.37. The van der Waals surface area contributed by atoms with E-state index >= 15 is 0 Å². The Hall–Kier alpha value is -2.09. The Morgan fingerprint density at radius 1 is 1.35 bits per heavy atom. The Kier molecular flexibility index (Phi) is 5.98. The van der Waals surface area contributed by atoms with Gasteiger partial charge in [-0.2, -0.15) is 0 Å². The molecule has 0 unspecified atom stereocenters. The number of carbonyl (C=O) groups is 3. The molecule has 0 saturated carbocycles. The Labute approximate surface area is 123 Å². The van der Waals surface area contributed by atoms with Crippen molar-refractivity contribution >= 4 is 33.9 Å². The molecule has 0 heterocycles. The fraction of sp³-hybridized carbons (Fsp3) is 0.250. The van der Waals surface area contributed by atoms with Gasteiger partial charge in [0.1, 0.15) is 11.3 Å². The van der Waals surface area contributed by atoms with E-state index in [-0.39, 0.29) is 17.9 Å². The molecule has 2 N–H and O–H groups in total. The van der Waals surface area contributed by atoms with Gasteiger partial charge in [0, 0.05) is 4.47 Å². The van der Waals surface area contributed by atoms with Gasteiger partial charge in [-0.05, 0) is 25.1 Å². The van der Waals surface area contributed by atoms with Crippen molar-refractivity contribution in [1.29, 1.82) is 0 Å². The molecule has 0 aliphatic rings. The molecule has 0 atom stereocenters. The fourth-order valence-electron chi connectivity index (χ4n) is 1.26. The second-order valence-electron chi connectivity index (χ2n) is 3.50. The minimum absolute atomic E-state index is 0.0275. The topological polar surface area (TPSA) is 102 Å². The maximum Gasteiger partial charge on any atom is 0.413 e. The van der Waals surface area contributed by atoms with Crippen LogP contribution >= 0.6 is 15.9 Å². The van der Waals surface area contributed by atoms with Crippen LogP contribution in [0.2, 0.25) is 0 Å². The number of benzene rings is 1. The first-order valence-electron chi connectivity index (χ1n) is 5.56. The predicted octanol–water partition coefficient (Wildman–Crippen LogP) is 1.80. The van der Waals surface area contributed by atoms with E-state index in [9.17, 15) is 14.4 Å². The molecule has 1 aromatic carbocycles. The van der Waals surface area contributed by atoms with E-state index in [1.54, 1.807) is 13.0 Å². The zero-order chi connectivity index (χ0) is 15.1. The monoisotopic (exact) mass is 345 g/mol. The maximum atomic E-state index is 11.4. The standard InChI is InChI=1S/C12H12BrNO6/c1-2-19-12(18)14-10(15)6-20-9-4-3-7(13)5-8(9)11(16)17/h3-5H,2,6H2,1H3,(H,16,17)(H,14,15,18). The summed E-state index contributed by atoms with van der Waals surface area (Å²) >= 11 is 3.14. The van der Waals surface area contributed by atoms with E-state index in [2.05, 4.69) is 20.7 Å². The highest BCUT2D eigenvalue weighted by Crippen LogP contribution is 2.23. The van der Waals surface area contributed by atoms with Crippen LogP contribution in [-0.2, 0) is 9.53 Å². The molecule has 20 heavy (non-hydrogen) atoms. The molecule has 0 bridgehead atoms. The lowest BCUT2D eigenvalue weighted by Gasteiger charge is -2.09. The number of carboxylic acids is 1. The van der Waals surface area contributed by atoms with Crippen LogP contribution in [0.15, 0.2) is 22.7 Å². The summed E-state index contributed by atoms with van der Waals surface area (Å²) in [6, 6.07) is 4.33. The zero-order valence-electron chi connectivity index (χ0n) is 10.5. The Bertz CT molecular complexity index is 531. The maximum absolute atomic E-state index is 11.4. The summed E-state index contributed by atoms with van der Waals surface area (Å²) in [5.41, 5.74) is -0.0942. The molecule has 0 spiro atoms. The second-order valence-corrected chi connectivity index (χ2v) is 4.42. The lowest BCUT2D eigenvalue weighted by atomic mass is 10.2. The summed E-state index contributed by atoms with van der Waals surface area (Å²) in [5, 5.41) is 10.9. The van der Waals surface area contributed by atoms with Gasteiger partial charge >= 0.3 is 12.1 Å². The molecular formula is C12H12BrNO6. The van der Waals surface area contributed by atoms with Crippen molar-refractivity contribution in [3.63, 3.8) is 0 Å². The van der Waals surface area contributed by atoms with E-state index in [4.69, 9.17) is 9.84 Å². The highest BCUT2D eigenvalue weighted by molar-refractivity contribution is 9.10. The third-order valence-corrected chi connectivity index (χ3v) is 2.54. The molecule has 0 aliphatic heterocycles. The number of ether oxygens (including phenoxy) is 2. The van der Waals surface area contributed by atoms with Crippen LogP contribution in [0, 0.1) is 0 Å². The number of halogens is 1. The minimum Gasteiger partial charge on any atom is -0.483 e. The van der Waals surface area contributed by atoms with Gasteiger partial charge in [0.15, 0.2) is 6.61 Å². The van der Waals surface area contributed by atoms with Gasteiger partial charge in [0.25, 0.3) is 5.91 Å².